The quantitative estimate of drug-likeness (QED) is 0.682. The zero-order valence-electron chi connectivity index (χ0n) is 17.9. The molecule has 6 heteroatoms. The molecule has 29 heavy (non-hydrogen) atoms. The number of fused-ring (bicyclic) bond motifs is 1. The van der Waals surface area contributed by atoms with Crippen molar-refractivity contribution < 1.29 is 14.0 Å². The Hall–Kier alpha value is -2.57. The molecule has 0 atom stereocenters. The molecule has 5 nitrogen and oxygen atoms in total. The van der Waals surface area contributed by atoms with Crippen molar-refractivity contribution in [3.63, 3.8) is 0 Å². The van der Waals surface area contributed by atoms with E-state index in [-0.39, 0.29) is 11.2 Å². The molecular formula is C23H27BN2O3. The van der Waals surface area contributed by atoms with Gasteiger partial charge in [0.15, 0.2) is 0 Å². The maximum atomic E-state index is 6.23. The summed E-state index contributed by atoms with van der Waals surface area (Å²) < 4.78 is 18.1. The van der Waals surface area contributed by atoms with E-state index in [2.05, 4.69) is 44.8 Å². The normalized spacial score (nSPS) is 17.7. The lowest BCUT2D eigenvalue weighted by Crippen LogP contribution is -2.41. The van der Waals surface area contributed by atoms with Crippen LogP contribution in [0.1, 0.15) is 33.4 Å². The number of aromatic nitrogens is 1. The highest BCUT2D eigenvalue weighted by atomic mass is 16.7. The molecule has 1 saturated heterocycles. The first-order valence-electron chi connectivity index (χ1n) is 9.82. The predicted octanol–water partition coefficient (Wildman–Crippen LogP) is 4.10. The maximum absolute atomic E-state index is 6.23. The molecular weight excluding hydrogens is 363 g/mol. The number of methoxy groups -OCH3 is 1. The van der Waals surface area contributed by atoms with E-state index in [1.807, 2.05) is 37.3 Å². The van der Waals surface area contributed by atoms with Crippen LogP contribution in [0.25, 0.3) is 21.9 Å². The van der Waals surface area contributed by atoms with Crippen molar-refractivity contribution in [2.45, 2.75) is 45.8 Å². The summed E-state index contributed by atoms with van der Waals surface area (Å²) in [6.45, 7) is 10.2. The molecule has 3 aromatic rings. The van der Waals surface area contributed by atoms with Gasteiger partial charge in [-0.2, -0.15) is 0 Å². The number of nitrogens with two attached hydrogens (primary N) is 1. The average molecular weight is 390 g/mol. The van der Waals surface area contributed by atoms with Crippen LogP contribution in [0.5, 0.6) is 5.75 Å². The molecule has 0 radical (unpaired) electrons. The van der Waals surface area contributed by atoms with Gasteiger partial charge in [0.2, 0.25) is 0 Å². The summed E-state index contributed by atoms with van der Waals surface area (Å²) in [7, 11) is 1.26. The molecule has 0 aliphatic carbocycles. The summed E-state index contributed by atoms with van der Waals surface area (Å²) in [5.74, 6) is 1.34. The first kappa shape index (κ1) is 19.7. The van der Waals surface area contributed by atoms with Gasteiger partial charge in [-0.05, 0) is 69.2 Å². The van der Waals surface area contributed by atoms with Crippen LogP contribution in [-0.4, -0.2) is 30.4 Å². The Morgan fingerprint density at radius 3 is 2.31 bits per heavy atom. The second-order valence-electron chi connectivity index (χ2n) is 8.63. The Balaban J connectivity index is 1.80. The van der Waals surface area contributed by atoms with Crippen LogP contribution in [0.4, 0.5) is 5.82 Å². The highest BCUT2D eigenvalue weighted by molar-refractivity contribution is 6.62. The zero-order chi connectivity index (χ0) is 21.0. The number of aryl methyl sites for hydroxylation is 1. The number of hydrogen-bond donors (Lipinski definition) is 1. The molecule has 2 heterocycles. The molecule has 1 fully saturated rings. The van der Waals surface area contributed by atoms with Crippen molar-refractivity contribution in [2.75, 3.05) is 12.8 Å². The van der Waals surface area contributed by atoms with Crippen molar-refractivity contribution in [3.8, 4) is 16.9 Å². The Morgan fingerprint density at radius 1 is 0.966 bits per heavy atom. The van der Waals surface area contributed by atoms with Crippen molar-refractivity contribution >= 4 is 29.2 Å². The minimum atomic E-state index is -0.424. The molecule has 2 aromatic carbocycles. The number of nitrogens with zero attached hydrogens (tertiary/aromatic N) is 1. The van der Waals surface area contributed by atoms with Crippen LogP contribution in [0, 0.1) is 6.92 Å². The lowest BCUT2D eigenvalue weighted by atomic mass is 9.77. The molecule has 0 amide bonds. The van der Waals surface area contributed by atoms with Gasteiger partial charge in [0.25, 0.3) is 0 Å². The molecule has 0 bridgehead atoms. The molecule has 1 aliphatic rings. The first-order valence-corrected chi connectivity index (χ1v) is 9.82. The Labute approximate surface area is 172 Å². The van der Waals surface area contributed by atoms with E-state index in [1.165, 1.54) is 0 Å². The van der Waals surface area contributed by atoms with Crippen LogP contribution >= 0.6 is 0 Å². The van der Waals surface area contributed by atoms with Gasteiger partial charge in [0.05, 0.1) is 18.3 Å². The fraction of sp³-hybridized carbons (Fsp3) is 0.348. The lowest BCUT2D eigenvalue weighted by molar-refractivity contribution is 0.00578. The maximum Gasteiger partial charge on any atom is 0.494 e. The summed E-state index contributed by atoms with van der Waals surface area (Å²) in [6, 6.07) is 14.3. The summed E-state index contributed by atoms with van der Waals surface area (Å²) in [5.41, 5.74) is 9.20. The van der Waals surface area contributed by atoms with E-state index in [0.717, 1.165) is 38.8 Å². The number of nitrogen functional groups attached to an aromatic ring is 1. The van der Waals surface area contributed by atoms with E-state index < -0.39 is 7.12 Å². The van der Waals surface area contributed by atoms with Crippen molar-refractivity contribution in [1.82, 2.24) is 4.98 Å². The summed E-state index contributed by atoms with van der Waals surface area (Å²) >= 11 is 0. The number of pyridine rings is 1. The van der Waals surface area contributed by atoms with Crippen LogP contribution in [0.2, 0.25) is 0 Å². The van der Waals surface area contributed by atoms with Crippen molar-refractivity contribution in [3.05, 3.63) is 48.2 Å². The lowest BCUT2D eigenvalue weighted by Gasteiger charge is -2.32. The third-order valence-electron chi connectivity index (χ3n) is 6.05. The summed E-state index contributed by atoms with van der Waals surface area (Å²) in [4.78, 5) is 4.35. The Bertz CT molecular complexity index is 1080. The summed E-state index contributed by atoms with van der Waals surface area (Å²) in [6.07, 6.45) is 0. The van der Waals surface area contributed by atoms with Gasteiger partial charge in [-0.25, -0.2) is 4.98 Å². The highest BCUT2D eigenvalue weighted by Crippen LogP contribution is 2.38. The van der Waals surface area contributed by atoms with Gasteiger partial charge < -0.3 is 19.8 Å². The van der Waals surface area contributed by atoms with Gasteiger partial charge in [0, 0.05) is 16.6 Å². The third kappa shape index (κ3) is 3.36. The molecule has 2 N–H and O–H groups in total. The van der Waals surface area contributed by atoms with Crippen molar-refractivity contribution in [2.24, 2.45) is 0 Å². The fourth-order valence-electron chi connectivity index (χ4n) is 3.67. The van der Waals surface area contributed by atoms with Gasteiger partial charge in [-0.1, -0.05) is 24.3 Å². The smallest absolute Gasteiger partial charge is 0.494 e. The van der Waals surface area contributed by atoms with E-state index in [4.69, 9.17) is 19.8 Å². The van der Waals surface area contributed by atoms with Gasteiger partial charge in [0.1, 0.15) is 11.6 Å². The van der Waals surface area contributed by atoms with Gasteiger partial charge in [-0.3, -0.25) is 0 Å². The Morgan fingerprint density at radius 2 is 1.66 bits per heavy atom. The van der Waals surface area contributed by atoms with Crippen LogP contribution in [-0.2, 0) is 9.31 Å². The number of benzene rings is 2. The molecule has 0 unspecified atom stereocenters. The number of anilines is 1. The fourth-order valence-corrected chi connectivity index (χ4v) is 3.67. The second-order valence-corrected chi connectivity index (χ2v) is 8.63. The third-order valence-corrected chi connectivity index (χ3v) is 6.05. The molecule has 150 valence electrons. The topological polar surface area (TPSA) is 66.6 Å². The molecule has 4 rings (SSSR count). The van der Waals surface area contributed by atoms with E-state index in [9.17, 15) is 0 Å². The molecule has 1 aromatic heterocycles. The zero-order valence-corrected chi connectivity index (χ0v) is 17.9. The van der Waals surface area contributed by atoms with Crippen LogP contribution in [0.3, 0.4) is 0 Å². The highest BCUT2D eigenvalue weighted by Gasteiger charge is 2.51. The molecule has 0 saturated carbocycles. The second kappa shape index (κ2) is 6.75. The minimum absolute atomic E-state index is 0.386. The van der Waals surface area contributed by atoms with E-state index in [1.54, 1.807) is 7.11 Å². The number of rotatable bonds is 3. The summed E-state index contributed by atoms with van der Waals surface area (Å²) in [5, 5.41) is 2.00. The van der Waals surface area contributed by atoms with Crippen LogP contribution < -0.4 is 15.9 Å². The number of ether oxygens (including phenoxy) is 1. The monoisotopic (exact) mass is 390 g/mol. The van der Waals surface area contributed by atoms with Crippen LogP contribution in [0.15, 0.2) is 42.5 Å². The van der Waals surface area contributed by atoms with E-state index in [0.29, 0.717) is 5.82 Å². The van der Waals surface area contributed by atoms with E-state index >= 15 is 0 Å². The molecule has 0 spiro atoms. The Kier molecular flexibility index (Phi) is 4.59. The van der Waals surface area contributed by atoms with Gasteiger partial charge >= 0.3 is 7.12 Å². The standard InChI is InChI=1S/C23H27BN2O3/c1-14-11-16-12-15(7-9-18(16)21(25)26-14)19-13-17(8-10-20(19)27-6)24-28-22(2,3)23(4,5)29-24/h7-13H,1-6H3,(H2,25,26). The minimum Gasteiger partial charge on any atom is -0.496 e. The van der Waals surface area contributed by atoms with Crippen molar-refractivity contribution in [1.29, 1.82) is 0 Å². The predicted molar refractivity (Wildman–Crippen MR) is 119 cm³/mol. The van der Waals surface area contributed by atoms with Gasteiger partial charge in [-0.15, -0.1) is 0 Å². The largest absolute Gasteiger partial charge is 0.496 e. The number of hydrogen-bond acceptors (Lipinski definition) is 5. The average Bonchev–Trinajstić information content (AvgIpc) is 2.88. The molecule has 1 aliphatic heterocycles. The first-order chi connectivity index (χ1) is 13.6. The SMILES string of the molecule is COc1ccc(B2OC(C)(C)C(C)(C)O2)cc1-c1ccc2c(N)nc(C)cc2c1.